The van der Waals surface area contributed by atoms with E-state index < -0.39 is 5.79 Å². The van der Waals surface area contributed by atoms with Crippen molar-refractivity contribution in [3.8, 4) is 0 Å². The number of nitrogens with one attached hydrogen (secondary N) is 1. The summed E-state index contributed by atoms with van der Waals surface area (Å²) in [5.74, 6) is 0.135. The summed E-state index contributed by atoms with van der Waals surface area (Å²) in [5.41, 5.74) is 0.522. The summed E-state index contributed by atoms with van der Waals surface area (Å²) in [4.78, 5) is 0. The molecule has 6 rings (SSSR count). The zero-order chi connectivity index (χ0) is 18.7. The van der Waals surface area contributed by atoms with Crippen LogP contribution in [-0.4, -0.2) is 69.2 Å². The summed E-state index contributed by atoms with van der Waals surface area (Å²) < 4.78 is 31.1. The summed E-state index contributed by atoms with van der Waals surface area (Å²) in [6.45, 7) is 5.15. The van der Waals surface area contributed by atoms with Gasteiger partial charge in [0.2, 0.25) is 0 Å². The molecule has 5 saturated heterocycles. The highest BCUT2D eigenvalue weighted by molar-refractivity contribution is 5.01. The molecule has 6 aliphatic rings. The van der Waals surface area contributed by atoms with Gasteiger partial charge in [0, 0.05) is 19.4 Å². The molecule has 0 aromatic carbocycles. The molecule has 6 heteroatoms. The van der Waals surface area contributed by atoms with Gasteiger partial charge in [-0.2, -0.15) is 0 Å². The SMILES string of the molecule is C1COC2(C1)COC(C1COC3(COC(C4CCC5(CCNCC5)C4)C3)O1)C2. The van der Waals surface area contributed by atoms with Gasteiger partial charge in [-0.3, -0.25) is 0 Å². The highest BCUT2D eigenvalue weighted by atomic mass is 16.8. The zero-order valence-corrected chi connectivity index (χ0v) is 17.0. The van der Waals surface area contributed by atoms with E-state index in [4.69, 9.17) is 23.7 Å². The van der Waals surface area contributed by atoms with Crippen molar-refractivity contribution in [1.82, 2.24) is 5.32 Å². The molecule has 0 bridgehead atoms. The van der Waals surface area contributed by atoms with Crippen molar-refractivity contribution in [2.45, 2.75) is 87.5 Å². The molecule has 0 aromatic heterocycles. The minimum atomic E-state index is -0.533. The molecule has 0 amide bonds. The highest BCUT2D eigenvalue weighted by Crippen LogP contribution is 2.52. The second-order valence-electron chi connectivity index (χ2n) is 10.4. The van der Waals surface area contributed by atoms with Gasteiger partial charge in [-0.25, -0.2) is 0 Å². The normalized spacial score (nSPS) is 50.6. The average molecular weight is 394 g/mol. The molecule has 1 aliphatic carbocycles. The summed E-state index contributed by atoms with van der Waals surface area (Å²) in [7, 11) is 0. The van der Waals surface area contributed by atoms with Gasteiger partial charge < -0.3 is 29.0 Å². The predicted molar refractivity (Wildman–Crippen MR) is 102 cm³/mol. The molecular formula is C22H35NO5. The molecule has 6 nitrogen and oxygen atoms in total. The monoisotopic (exact) mass is 393 g/mol. The van der Waals surface area contributed by atoms with Gasteiger partial charge in [-0.05, 0) is 69.4 Å². The summed E-state index contributed by atoms with van der Waals surface area (Å²) in [6.07, 6.45) is 11.2. The Morgan fingerprint density at radius 1 is 0.786 bits per heavy atom. The number of rotatable bonds is 2. The minimum absolute atomic E-state index is 0.0188. The first kappa shape index (κ1) is 18.5. The third kappa shape index (κ3) is 3.15. The maximum Gasteiger partial charge on any atom is 0.194 e. The van der Waals surface area contributed by atoms with Crippen molar-refractivity contribution in [3.05, 3.63) is 0 Å². The van der Waals surface area contributed by atoms with Gasteiger partial charge in [0.25, 0.3) is 0 Å². The molecule has 5 heterocycles. The van der Waals surface area contributed by atoms with Crippen LogP contribution in [0, 0.1) is 11.3 Å². The lowest BCUT2D eigenvalue weighted by atomic mass is 9.76. The minimum Gasteiger partial charge on any atom is -0.372 e. The van der Waals surface area contributed by atoms with E-state index in [2.05, 4.69) is 5.32 Å². The molecule has 3 spiro atoms. The lowest BCUT2D eigenvalue weighted by molar-refractivity contribution is -0.175. The van der Waals surface area contributed by atoms with Crippen LogP contribution in [0.2, 0.25) is 0 Å². The van der Waals surface area contributed by atoms with Crippen LogP contribution in [0.25, 0.3) is 0 Å². The van der Waals surface area contributed by atoms with Gasteiger partial charge >= 0.3 is 0 Å². The molecule has 5 aliphatic heterocycles. The van der Waals surface area contributed by atoms with E-state index in [0.717, 1.165) is 32.3 Å². The number of hydrogen-bond acceptors (Lipinski definition) is 6. The highest BCUT2D eigenvalue weighted by Gasteiger charge is 2.56. The van der Waals surface area contributed by atoms with Crippen molar-refractivity contribution >= 4 is 0 Å². The fraction of sp³-hybridized carbons (Fsp3) is 1.00. The Kier molecular flexibility index (Phi) is 4.56. The van der Waals surface area contributed by atoms with Crippen LogP contribution in [-0.2, 0) is 23.7 Å². The Hall–Kier alpha value is -0.240. The van der Waals surface area contributed by atoms with Crippen LogP contribution in [0.1, 0.15) is 57.8 Å². The Labute approximate surface area is 167 Å². The quantitative estimate of drug-likeness (QED) is 0.778. The molecule has 1 saturated carbocycles. The third-order valence-electron chi connectivity index (χ3n) is 8.57. The number of ether oxygens (including phenoxy) is 5. The molecule has 28 heavy (non-hydrogen) atoms. The van der Waals surface area contributed by atoms with E-state index in [1.54, 1.807) is 0 Å². The summed E-state index contributed by atoms with van der Waals surface area (Å²) >= 11 is 0. The van der Waals surface area contributed by atoms with E-state index in [9.17, 15) is 0 Å². The average Bonchev–Trinajstić information content (AvgIpc) is 3.52. The lowest BCUT2D eigenvalue weighted by Gasteiger charge is -2.34. The third-order valence-corrected chi connectivity index (χ3v) is 8.57. The van der Waals surface area contributed by atoms with Crippen molar-refractivity contribution in [2.24, 2.45) is 11.3 Å². The number of piperidine rings is 1. The van der Waals surface area contributed by atoms with Gasteiger partial charge in [0.05, 0.1) is 31.0 Å². The summed E-state index contributed by atoms with van der Waals surface area (Å²) in [6, 6.07) is 0. The Bertz CT molecular complexity index is 587. The Balaban J connectivity index is 1.05. The predicted octanol–water partition coefficient (Wildman–Crippen LogP) is 2.39. The molecule has 0 aromatic rings. The van der Waals surface area contributed by atoms with Gasteiger partial charge in [-0.1, -0.05) is 0 Å². The Morgan fingerprint density at radius 2 is 1.68 bits per heavy atom. The van der Waals surface area contributed by atoms with Crippen LogP contribution < -0.4 is 5.32 Å². The molecular weight excluding hydrogens is 358 g/mol. The standard InChI is InChI=1S/C22H35NO5/c1-3-21(26-9-1)11-18(24-14-21)19-13-27-22(28-19)12-17(25-15-22)16-2-4-20(10-16)5-7-23-8-6-20/h16-19,23H,1-15H2. The van der Waals surface area contributed by atoms with Crippen LogP contribution >= 0.6 is 0 Å². The largest absolute Gasteiger partial charge is 0.372 e. The van der Waals surface area contributed by atoms with Gasteiger partial charge in [-0.15, -0.1) is 0 Å². The van der Waals surface area contributed by atoms with E-state index in [-0.39, 0.29) is 17.8 Å². The molecule has 6 unspecified atom stereocenters. The molecule has 0 radical (unpaired) electrons. The van der Waals surface area contributed by atoms with Gasteiger partial charge in [0.1, 0.15) is 12.7 Å². The second-order valence-corrected chi connectivity index (χ2v) is 10.4. The molecule has 1 N–H and O–H groups in total. The van der Waals surface area contributed by atoms with Crippen molar-refractivity contribution < 1.29 is 23.7 Å². The fourth-order valence-corrected chi connectivity index (χ4v) is 6.90. The van der Waals surface area contributed by atoms with E-state index in [1.807, 2.05) is 0 Å². The van der Waals surface area contributed by atoms with Gasteiger partial charge in [0.15, 0.2) is 5.79 Å². The first-order valence-electron chi connectivity index (χ1n) is 11.6. The maximum atomic E-state index is 6.49. The van der Waals surface area contributed by atoms with E-state index >= 15 is 0 Å². The van der Waals surface area contributed by atoms with Crippen molar-refractivity contribution in [3.63, 3.8) is 0 Å². The first-order chi connectivity index (χ1) is 13.7. The molecule has 6 atom stereocenters. The van der Waals surface area contributed by atoms with E-state index in [1.165, 1.54) is 45.2 Å². The van der Waals surface area contributed by atoms with Crippen LogP contribution in [0.3, 0.4) is 0 Å². The fourth-order valence-electron chi connectivity index (χ4n) is 6.90. The maximum absolute atomic E-state index is 6.49. The Morgan fingerprint density at radius 3 is 2.54 bits per heavy atom. The molecule has 6 fully saturated rings. The number of hydrogen-bond donors (Lipinski definition) is 1. The molecule has 158 valence electrons. The zero-order valence-electron chi connectivity index (χ0n) is 17.0. The second kappa shape index (κ2) is 6.89. The van der Waals surface area contributed by atoms with E-state index in [0.29, 0.717) is 37.3 Å². The van der Waals surface area contributed by atoms with Crippen molar-refractivity contribution in [2.75, 3.05) is 39.5 Å². The van der Waals surface area contributed by atoms with Crippen molar-refractivity contribution in [1.29, 1.82) is 0 Å². The first-order valence-corrected chi connectivity index (χ1v) is 11.6. The lowest BCUT2D eigenvalue weighted by Crippen LogP contribution is -2.36. The van der Waals surface area contributed by atoms with Crippen LogP contribution in [0.4, 0.5) is 0 Å². The smallest absolute Gasteiger partial charge is 0.194 e. The van der Waals surface area contributed by atoms with Crippen LogP contribution in [0.5, 0.6) is 0 Å². The summed E-state index contributed by atoms with van der Waals surface area (Å²) in [5, 5.41) is 3.52. The topological polar surface area (TPSA) is 58.2 Å². The van der Waals surface area contributed by atoms with Crippen LogP contribution in [0.15, 0.2) is 0 Å².